The van der Waals surface area contributed by atoms with Crippen molar-refractivity contribution in [3.8, 4) is 11.5 Å². The highest BCUT2D eigenvalue weighted by Crippen LogP contribution is 2.27. The molecule has 0 spiro atoms. The highest BCUT2D eigenvalue weighted by atomic mass is 19.1. The van der Waals surface area contributed by atoms with Crippen LogP contribution in [0.5, 0.6) is 11.5 Å². The van der Waals surface area contributed by atoms with E-state index in [1.54, 1.807) is 45.6 Å². The van der Waals surface area contributed by atoms with Crippen molar-refractivity contribution in [3.63, 3.8) is 0 Å². The third-order valence-electron chi connectivity index (χ3n) is 2.93. The van der Waals surface area contributed by atoms with E-state index in [2.05, 4.69) is 4.99 Å². The van der Waals surface area contributed by atoms with E-state index in [1.165, 1.54) is 6.07 Å². The van der Waals surface area contributed by atoms with Gasteiger partial charge in [-0.05, 0) is 48.4 Å². The van der Waals surface area contributed by atoms with Crippen LogP contribution in [0.15, 0.2) is 41.4 Å². The molecule has 104 valence electrons. The Kier molecular flexibility index (Phi) is 4.35. The number of methoxy groups -OCH3 is 2. The van der Waals surface area contributed by atoms with Gasteiger partial charge in [0.15, 0.2) is 11.5 Å². The van der Waals surface area contributed by atoms with Gasteiger partial charge in [0, 0.05) is 6.21 Å². The first-order valence-corrected chi connectivity index (χ1v) is 6.16. The van der Waals surface area contributed by atoms with Crippen LogP contribution >= 0.6 is 0 Å². The van der Waals surface area contributed by atoms with Gasteiger partial charge in [-0.3, -0.25) is 4.99 Å². The van der Waals surface area contributed by atoms with Crippen LogP contribution in [0.2, 0.25) is 0 Å². The molecule has 0 unspecified atom stereocenters. The smallest absolute Gasteiger partial charge is 0.161 e. The van der Waals surface area contributed by atoms with E-state index in [9.17, 15) is 4.39 Å². The van der Waals surface area contributed by atoms with E-state index in [-0.39, 0.29) is 5.82 Å². The number of aryl methyl sites for hydroxylation is 1. The fraction of sp³-hybridized carbons (Fsp3) is 0.188. The van der Waals surface area contributed by atoms with Crippen molar-refractivity contribution in [1.82, 2.24) is 0 Å². The second kappa shape index (κ2) is 6.19. The average molecular weight is 273 g/mol. The Morgan fingerprint density at radius 3 is 2.40 bits per heavy atom. The van der Waals surface area contributed by atoms with Crippen LogP contribution in [0, 0.1) is 12.7 Å². The summed E-state index contributed by atoms with van der Waals surface area (Å²) >= 11 is 0. The first kappa shape index (κ1) is 14.1. The molecular formula is C16H16FNO2. The maximum Gasteiger partial charge on any atom is 0.161 e. The Balaban J connectivity index is 2.24. The molecule has 0 fully saturated rings. The molecule has 0 atom stereocenters. The van der Waals surface area contributed by atoms with Gasteiger partial charge in [0.2, 0.25) is 0 Å². The lowest BCUT2D eigenvalue weighted by molar-refractivity contribution is 0.355. The van der Waals surface area contributed by atoms with Crippen LogP contribution in [0.1, 0.15) is 11.1 Å². The summed E-state index contributed by atoms with van der Waals surface area (Å²) in [5.74, 6) is 1.03. The molecule has 2 rings (SSSR count). The maximum atomic E-state index is 13.4. The quantitative estimate of drug-likeness (QED) is 0.791. The molecule has 0 aliphatic rings. The Morgan fingerprint density at radius 2 is 1.75 bits per heavy atom. The van der Waals surface area contributed by atoms with Gasteiger partial charge in [0.25, 0.3) is 0 Å². The van der Waals surface area contributed by atoms with Gasteiger partial charge in [0.1, 0.15) is 5.82 Å². The predicted octanol–water partition coefficient (Wildman–Crippen LogP) is 3.90. The minimum absolute atomic E-state index is 0.257. The topological polar surface area (TPSA) is 30.8 Å². The number of hydrogen-bond donors (Lipinski definition) is 0. The zero-order valence-electron chi connectivity index (χ0n) is 11.7. The lowest BCUT2D eigenvalue weighted by atomic mass is 10.2. The van der Waals surface area contributed by atoms with Crippen molar-refractivity contribution < 1.29 is 13.9 Å². The van der Waals surface area contributed by atoms with Crippen molar-refractivity contribution >= 4 is 11.9 Å². The van der Waals surface area contributed by atoms with Gasteiger partial charge >= 0.3 is 0 Å². The molecule has 0 radical (unpaired) electrons. The number of hydrogen-bond acceptors (Lipinski definition) is 3. The minimum atomic E-state index is -0.257. The highest BCUT2D eigenvalue weighted by Gasteiger charge is 2.03. The Morgan fingerprint density at radius 1 is 1.00 bits per heavy atom. The maximum absolute atomic E-state index is 13.4. The Bertz CT molecular complexity index is 638. The van der Waals surface area contributed by atoms with Gasteiger partial charge in [-0.15, -0.1) is 0 Å². The van der Waals surface area contributed by atoms with E-state index in [0.29, 0.717) is 22.7 Å². The zero-order valence-corrected chi connectivity index (χ0v) is 11.7. The molecule has 0 aromatic heterocycles. The molecule has 0 bridgehead atoms. The second-order valence-corrected chi connectivity index (χ2v) is 4.31. The molecule has 0 saturated heterocycles. The van der Waals surface area contributed by atoms with Crippen molar-refractivity contribution in [2.75, 3.05) is 14.2 Å². The third-order valence-corrected chi connectivity index (χ3v) is 2.93. The fourth-order valence-electron chi connectivity index (χ4n) is 1.74. The molecule has 2 aromatic carbocycles. The average Bonchev–Trinajstić information content (AvgIpc) is 2.48. The van der Waals surface area contributed by atoms with E-state index >= 15 is 0 Å². The normalized spacial score (nSPS) is 10.8. The van der Waals surface area contributed by atoms with Gasteiger partial charge in [0.05, 0.1) is 19.9 Å². The van der Waals surface area contributed by atoms with Gasteiger partial charge in [-0.1, -0.05) is 6.07 Å². The summed E-state index contributed by atoms with van der Waals surface area (Å²) < 4.78 is 23.8. The summed E-state index contributed by atoms with van der Waals surface area (Å²) in [5, 5.41) is 0. The number of nitrogens with zero attached hydrogens (tertiary/aromatic N) is 1. The van der Waals surface area contributed by atoms with Crippen LogP contribution in [-0.2, 0) is 0 Å². The summed E-state index contributed by atoms with van der Waals surface area (Å²) in [6.07, 6.45) is 1.66. The molecule has 0 aliphatic heterocycles. The third kappa shape index (κ3) is 3.15. The van der Waals surface area contributed by atoms with Gasteiger partial charge in [-0.2, -0.15) is 0 Å². The van der Waals surface area contributed by atoms with Crippen LogP contribution < -0.4 is 9.47 Å². The van der Waals surface area contributed by atoms with Crippen molar-refractivity contribution in [2.45, 2.75) is 6.92 Å². The van der Waals surface area contributed by atoms with Crippen LogP contribution in [0.3, 0.4) is 0 Å². The predicted molar refractivity (Wildman–Crippen MR) is 77.9 cm³/mol. The molecule has 0 amide bonds. The van der Waals surface area contributed by atoms with E-state index < -0.39 is 0 Å². The Labute approximate surface area is 117 Å². The van der Waals surface area contributed by atoms with Crippen LogP contribution in [-0.4, -0.2) is 20.4 Å². The standard InChI is InChI=1S/C16H16FNO2/c1-11-4-6-13(9-14(11)17)18-10-12-5-7-15(19-2)16(8-12)20-3/h4-10H,1-3H3. The molecule has 0 aliphatic carbocycles. The fourth-order valence-corrected chi connectivity index (χ4v) is 1.74. The van der Waals surface area contributed by atoms with E-state index in [4.69, 9.17) is 9.47 Å². The second-order valence-electron chi connectivity index (χ2n) is 4.31. The highest BCUT2D eigenvalue weighted by molar-refractivity contribution is 5.83. The lowest BCUT2D eigenvalue weighted by Gasteiger charge is -2.07. The lowest BCUT2D eigenvalue weighted by Crippen LogP contribution is -1.92. The zero-order chi connectivity index (χ0) is 14.5. The number of rotatable bonds is 4. The number of ether oxygens (including phenoxy) is 2. The van der Waals surface area contributed by atoms with Crippen LogP contribution in [0.4, 0.5) is 10.1 Å². The Hall–Kier alpha value is -2.36. The number of aliphatic imine (C=N–C) groups is 1. The molecule has 20 heavy (non-hydrogen) atoms. The van der Waals surface area contributed by atoms with Gasteiger partial charge in [-0.25, -0.2) is 4.39 Å². The molecule has 0 N–H and O–H groups in total. The largest absolute Gasteiger partial charge is 0.493 e. The van der Waals surface area contributed by atoms with Crippen molar-refractivity contribution in [2.24, 2.45) is 4.99 Å². The van der Waals surface area contributed by atoms with E-state index in [0.717, 1.165) is 5.56 Å². The SMILES string of the molecule is COc1ccc(C=Nc2ccc(C)c(F)c2)cc1OC. The number of benzene rings is 2. The van der Waals surface area contributed by atoms with Gasteiger partial charge < -0.3 is 9.47 Å². The summed E-state index contributed by atoms with van der Waals surface area (Å²) in [6, 6.07) is 10.4. The minimum Gasteiger partial charge on any atom is -0.493 e. The first-order valence-electron chi connectivity index (χ1n) is 6.16. The van der Waals surface area contributed by atoms with Crippen molar-refractivity contribution in [1.29, 1.82) is 0 Å². The molecule has 0 saturated carbocycles. The number of halogens is 1. The first-order chi connectivity index (χ1) is 9.63. The molecule has 0 heterocycles. The monoisotopic (exact) mass is 273 g/mol. The van der Waals surface area contributed by atoms with Crippen molar-refractivity contribution in [3.05, 3.63) is 53.3 Å². The molecular weight excluding hydrogens is 257 g/mol. The molecule has 4 heteroatoms. The van der Waals surface area contributed by atoms with E-state index in [1.807, 2.05) is 12.1 Å². The molecule has 3 nitrogen and oxygen atoms in total. The summed E-state index contributed by atoms with van der Waals surface area (Å²) in [5.41, 5.74) is 2.03. The summed E-state index contributed by atoms with van der Waals surface area (Å²) in [7, 11) is 3.16. The molecule has 2 aromatic rings. The summed E-state index contributed by atoms with van der Waals surface area (Å²) in [4.78, 5) is 4.25. The van der Waals surface area contributed by atoms with Crippen LogP contribution in [0.25, 0.3) is 0 Å². The summed E-state index contributed by atoms with van der Waals surface area (Å²) in [6.45, 7) is 1.72.